The molecule has 4 aromatic rings. The number of aryl methyl sites for hydroxylation is 3. The van der Waals surface area contributed by atoms with Gasteiger partial charge >= 0.3 is 0 Å². The summed E-state index contributed by atoms with van der Waals surface area (Å²) in [5.74, 6) is 0.512. The highest BCUT2D eigenvalue weighted by molar-refractivity contribution is 6.03. The van der Waals surface area contributed by atoms with E-state index in [1.54, 1.807) is 0 Å². The predicted molar refractivity (Wildman–Crippen MR) is 113 cm³/mol. The molecule has 6 nitrogen and oxygen atoms in total. The van der Waals surface area contributed by atoms with E-state index in [1.165, 1.54) is 0 Å². The van der Waals surface area contributed by atoms with E-state index in [0.717, 1.165) is 28.3 Å². The lowest BCUT2D eigenvalue weighted by Gasteiger charge is -2.10. The summed E-state index contributed by atoms with van der Waals surface area (Å²) < 4.78 is 3.68. The van der Waals surface area contributed by atoms with E-state index in [1.807, 2.05) is 96.9 Å². The number of aromatic nitrogens is 4. The summed E-state index contributed by atoms with van der Waals surface area (Å²) >= 11 is 0. The van der Waals surface area contributed by atoms with Crippen molar-refractivity contribution in [3.8, 4) is 5.69 Å². The third-order valence-electron chi connectivity index (χ3n) is 4.70. The van der Waals surface area contributed by atoms with Gasteiger partial charge in [0.15, 0.2) is 0 Å². The van der Waals surface area contributed by atoms with Gasteiger partial charge in [-0.2, -0.15) is 10.2 Å². The standard InChI is InChI=1S/C23H23N5O/c1-16-13-18(3)28(26-16)21-11-9-20(10-12-21)23(29)24-22-14-17(2)25-27(22)15-19-7-5-4-6-8-19/h4-14H,15H2,1-3H3,(H,24,29). The van der Waals surface area contributed by atoms with E-state index >= 15 is 0 Å². The molecule has 4 rings (SSSR count). The Morgan fingerprint density at radius 3 is 2.24 bits per heavy atom. The average molecular weight is 385 g/mol. The van der Waals surface area contributed by atoms with Gasteiger partial charge in [0.05, 0.1) is 23.6 Å². The quantitative estimate of drug-likeness (QED) is 0.557. The molecule has 0 saturated heterocycles. The van der Waals surface area contributed by atoms with Gasteiger partial charge in [-0.05, 0) is 56.7 Å². The van der Waals surface area contributed by atoms with Crippen molar-refractivity contribution >= 4 is 11.7 Å². The van der Waals surface area contributed by atoms with Crippen LogP contribution in [0.3, 0.4) is 0 Å². The number of carbonyl (C=O) groups is 1. The molecule has 0 spiro atoms. The highest BCUT2D eigenvalue weighted by Crippen LogP contribution is 2.17. The van der Waals surface area contributed by atoms with Gasteiger partial charge < -0.3 is 5.32 Å². The molecule has 2 aromatic heterocycles. The lowest BCUT2D eigenvalue weighted by molar-refractivity contribution is 0.102. The zero-order valence-corrected chi connectivity index (χ0v) is 16.8. The molecule has 0 atom stereocenters. The van der Waals surface area contributed by atoms with Crippen molar-refractivity contribution in [2.24, 2.45) is 0 Å². The molecular weight excluding hydrogens is 362 g/mol. The van der Waals surface area contributed by atoms with Crippen LogP contribution in [0.2, 0.25) is 0 Å². The number of carbonyl (C=O) groups excluding carboxylic acids is 1. The second-order valence-electron chi connectivity index (χ2n) is 7.15. The number of amides is 1. The Morgan fingerprint density at radius 2 is 1.59 bits per heavy atom. The first kappa shape index (κ1) is 18.7. The van der Waals surface area contributed by atoms with Crippen LogP contribution in [-0.4, -0.2) is 25.5 Å². The number of benzene rings is 2. The molecule has 6 heteroatoms. The second-order valence-corrected chi connectivity index (χ2v) is 7.15. The summed E-state index contributed by atoms with van der Waals surface area (Å²) in [7, 11) is 0. The summed E-state index contributed by atoms with van der Waals surface area (Å²) in [6.07, 6.45) is 0. The van der Waals surface area contributed by atoms with Crippen molar-refractivity contribution in [1.82, 2.24) is 19.6 Å². The lowest BCUT2D eigenvalue weighted by Crippen LogP contribution is -2.16. The molecule has 0 radical (unpaired) electrons. The zero-order chi connectivity index (χ0) is 20.4. The first-order valence-corrected chi connectivity index (χ1v) is 9.53. The normalized spacial score (nSPS) is 10.9. The molecule has 1 N–H and O–H groups in total. The lowest BCUT2D eigenvalue weighted by atomic mass is 10.2. The van der Waals surface area contributed by atoms with Crippen molar-refractivity contribution < 1.29 is 4.79 Å². The first-order valence-electron chi connectivity index (χ1n) is 9.53. The van der Waals surface area contributed by atoms with Crippen LogP contribution in [0.25, 0.3) is 5.69 Å². The zero-order valence-electron chi connectivity index (χ0n) is 16.8. The Labute approximate surface area is 169 Å². The summed E-state index contributed by atoms with van der Waals surface area (Å²) in [6, 6.07) is 21.4. The molecule has 2 aromatic carbocycles. The molecule has 0 unspecified atom stereocenters. The van der Waals surface area contributed by atoms with Crippen LogP contribution in [0, 0.1) is 20.8 Å². The van der Waals surface area contributed by atoms with E-state index in [4.69, 9.17) is 0 Å². The molecule has 0 bridgehead atoms. The predicted octanol–water partition coefficient (Wildman–Crippen LogP) is 4.29. The minimum Gasteiger partial charge on any atom is -0.307 e. The van der Waals surface area contributed by atoms with Gasteiger partial charge in [0, 0.05) is 17.3 Å². The summed E-state index contributed by atoms with van der Waals surface area (Å²) in [5.41, 5.74) is 5.51. The van der Waals surface area contributed by atoms with E-state index < -0.39 is 0 Å². The van der Waals surface area contributed by atoms with E-state index in [-0.39, 0.29) is 5.91 Å². The summed E-state index contributed by atoms with van der Waals surface area (Å²) in [6.45, 7) is 6.49. The van der Waals surface area contributed by atoms with Crippen molar-refractivity contribution in [2.45, 2.75) is 27.3 Å². The van der Waals surface area contributed by atoms with E-state index in [9.17, 15) is 4.79 Å². The molecule has 0 fully saturated rings. The molecule has 29 heavy (non-hydrogen) atoms. The number of hydrogen-bond acceptors (Lipinski definition) is 3. The van der Waals surface area contributed by atoms with Gasteiger partial charge in [0.2, 0.25) is 0 Å². The SMILES string of the molecule is Cc1cc(NC(=O)c2ccc(-n3nc(C)cc3C)cc2)n(Cc2ccccc2)n1. The largest absolute Gasteiger partial charge is 0.307 e. The van der Waals surface area contributed by atoms with Crippen molar-refractivity contribution in [1.29, 1.82) is 0 Å². The maximum atomic E-state index is 12.8. The molecular formula is C23H23N5O. The molecule has 0 aliphatic carbocycles. The van der Waals surface area contributed by atoms with Crippen LogP contribution in [0.5, 0.6) is 0 Å². The van der Waals surface area contributed by atoms with Gasteiger partial charge in [0.25, 0.3) is 5.91 Å². The monoisotopic (exact) mass is 385 g/mol. The maximum Gasteiger partial charge on any atom is 0.256 e. The van der Waals surface area contributed by atoms with Crippen LogP contribution >= 0.6 is 0 Å². The van der Waals surface area contributed by atoms with Crippen molar-refractivity contribution in [3.63, 3.8) is 0 Å². The fourth-order valence-corrected chi connectivity index (χ4v) is 3.36. The molecule has 2 heterocycles. The number of nitrogens with one attached hydrogen (secondary N) is 1. The Morgan fingerprint density at radius 1 is 0.897 bits per heavy atom. The minimum atomic E-state index is -0.167. The molecule has 0 aliphatic heterocycles. The average Bonchev–Trinajstić information content (AvgIpc) is 3.23. The fraction of sp³-hybridized carbons (Fsp3) is 0.174. The van der Waals surface area contributed by atoms with Gasteiger partial charge in [-0.25, -0.2) is 9.36 Å². The highest BCUT2D eigenvalue weighted by Gasteiger charge is 2.12. The Kier molecular flexibility index (Phi) is 4.99. The summed E-state index contributed by atoms with van der Waals surface area (Å²) in [4.78, 5) is 12.8. The molecule has 0 aliphatic rings. The van der Waals surface area contributed by atoms with Gasteiger partial charge in [-0.15, -0.1) is 0 Å². The number of hydrogen-bond donors (Lipinski definition) is 1. The van der Waals surface area contributed by atoms with Crippen molar-refractivity contribution in [2.75, 3.05) is 5.32 Å². The number of rotatable bonds is 5. The van der Waals surface area contributed by atoms with Crippen LogP contribution in [-0.2, 0) is 6.54 Å². The van der Waals surface area contributed by atoms with Gasteiger partial charge in [0.1, 0.15) is 5.82 Å². The first-order chi connectivity index (χ1) is 14.0. The Hall–Kier alpha value is -3.67. The molecule has 0 saturated carbocycles. The second kappa shape index (κ2) is 7.75. The number of nitrogens with zero attached hydrogens (tertiary/aromatic N) is 4. The summed E-state index contributed by atoms with van der Waals surface area (Å²) in [5, 5.41) is 12.0. The Balaban J connectivity index is 1.52. The fourth-order valence-electron chi connectivity index (χ4n) is 3.36. The topological polar surface area (TPSA) is 64.7 Å². The molecule has 146 valence electrons. The van der Waals surface area contributed by atoms with Gasteiger partial charge in [-0.1, -0.05) is 30.3 Å². The van der Waals surface area contributed by atoms with Crippen LogP contribution in [0.15, 0.2) is 66.7 Å². The number of anilines is 1. The van der Waals surface area contributed by atoms with Crippen LogP contribution in [0.1, 0.15) is 33.0 Å². The Bertz CT molecular complexity index is 1140. The highest BCUT2D eigenvalue weighted by atomic mass is 16.1. The van der Waals surface area contributed by atoms with Crippen LogP contribution in [0.4, 0.5) is 5.82 Å². The maximum absolute atomic E-state index is 12.8. The minimum absolute atomic E-state index is 0.167. The van der Waals surface area contributed by atoms with Crippen LogP contribution < -0.4 is 5.32 Å². The third-order valence-corrected chi connectivity index (χ3v) is 4.70. The van der Waals surface area contributed by atoms with E-state index in [0.29, 0.717) is 17.9 Å². The van der Waals surface area contributed by atoms with E-state index in [2.05, 4.69) is 15.5 Å². The third kappa shape index (κ3) is 4.11. The smallest absolute Gasteiger partial charge is 0.256 e. The van der Waals surface area contributed by atoms with Crippen molar-refractivity contribution in [3.05, 3.63) is 94.9 Å². The van der Waals surface area contributed by atoms with Gasteiger partial charge in [-0.3, -0.25) is 4.79 Å². The molecule has 1 amide bonds.